The van der Waals surface area contributed by atoms with Crippen LogP contribution in [-0.2, 0) is 0 Å². The van der Waals surface area contributed by atoms with Crippen LogP contribution in [0.25, 0.3) is 5.57 Å². The molecule has 0 heterocycles. The average molecular weight is 233 g/mol. The van der Waals surface area contributed by atoms with Crippen molar-refractivity contribution >= 4 is 5.57 Å². The van der Waals surface area contributed by atoms with Gasteiger partial charge in [0, 0.05) is 6.54 Å². The molecule has 1 aromatic carbocycles. The highest BCUT2D eigenvalue weighted by atomic mass is 16.5. The summed E-state index contributed by atoms with van der Waals surface area (Å²) in [6.07, 6.45) is 2.20. The molecule has 1 rings (SSSR count). The van der Waals surface area contributed by atoms with Crippen molar-refractivity contribution in [2.45, 2.75) is 13.8 Å². The van der Waals surface area contributed by atoms with E-state index in [9.17, 15) is 0 Å². The number of hydrogen-bond acceptors (Lipinski definition) is 2. The second kappa shape index (κ2) is 6.45. The molecule has 0 spiro atoms. The Balaban J connectivity index is 2.93. The number of hydrogen-bond donors (Lipinski definition) is 0. The Hall–Kier alpha value is -1.28. The third-order valence-electron chi connectivity index (χ3n) is 2.88. The number of benzene rings is 1. The fraction of sp³-hybridized carbons (Fsp3) is 0.467. The normalized spacial score (nSPS) is 13.9. The predicted molar refractivity (Wildman–Crippen MR) is 74.4 cm³/mol. The van der Waals surface area contributed by atoms with Crippen molar-refractivity contribution in [2.75, 3.05) is 27.7 Å². The summed E-state index contributed by atoms with van der Waals surface area (Å²) in [5.41, 5.74) is 2.62. The van der Waals surface area contributed by atoms with Crippen LogP contribution in [0.3, 0.4) is 0 Å². The van der Waals surface area contributed by atoms with E-state index in [4.69, 9.17) is 4.74 Å². The molecule has 94 valence electrons. The van der Waals surface area contributed by atoms with Crippen molar-refractivity contribution in [3.8, 4) is 5.75 Å². The van der Waals surface area contributed by atoms with Gasteiger partial charge in [0.2, 0.25) is 0 Å². The van der Waals surface area contributed by atoms with Crippen molar-refractivity contribution in [2.24, 2.45) is 5.92 Å². The van der Waals surface area contributed by atoms with Crippen LogP contribution in [0, 0.1) is 5.92 Å². The third kappa shape index (κ3) is 3.90. The molecular weight excluding hydrogens is 210 g/mol. The molecule has 2 nitrogen and oxygen atoms in total. The van der Waals surface area contributed by atoms with E-state index in [2.05, 4.69) is 51.1 Å². The molecule has 0 unspecified atom stereocenters. The lowest BCUT2D eigenvalue weighted by Crippen LogP contribution is -2.20. The molecule has 1 aromatic rings. The lowest BCUT2D eigenvalue weighted by atomic mass is 9.93. The zero-order valence-corrected chi connectivity index (χ0v) is 11.5. The van der Waals surface area contributed by atoms with Crippen LogP contribution in [0.1, 0.15) is 19.4 Å². The van der Waals surface area contributed by atoms with Crippen molar-refractivity contribution in [1.29, 1.82) is 0 Å². The van der Waals surface area contributed by atoms with Crippen LogP contribution in [-0.4, -0.2) is 32.6 Å². The molecule has 0 radical (unpaired) electrons. The first-order valence-electron chi connectivity index (χ1n) is 6.03. The fourth-order valence-electron chi connectivity index (χ4n) is 2.18. The van der Waals surface area contributed by atoms with E-state index in [1.54, 1.807) is 7.11 Å². The SMILES string of the molecule is CC=C(c1cccc(OC)c1)[C@@H](C)CN(C)C. The maximum atomic E-state index is 5.27. The molecule has 0 saturated carbocycles. The van der Waals surface area contributed by atoms with Gasteiger partial charge in [0.15, 0.2) is 0 Å². The van der Waals surface area contributed by atoms with Crippen LogP contribution < -0.4 is 4.74 Å². The summed E-state index contributed by atoms with van der Waals surface area (Å²) in [4.78, 5) is 2.22. The Morgan fingerprint density at radius 3 is 2.65 bits per heavy atom. The van der Waals surface area contributed by atoms with Gasteiger partial charge in [0.05, 0.1) is 7.11 Å². The topological polar surface area (TPSA) is 12.5 Å². The summed E-state index contributed by atoms with van der Waals surface area (Å²) in [6, 6.07) is 8.26. The third-order valence-corrected chi connectivity index (χ3v) is 2.88. The molecule has 0 fully saturated rings. The number of rotatable bonds is 5. The highest BCUT2D eigenvalue weighted by molar-refractivity contribution is 5.68. The van der Waals surface area contributed by atoms with Gasteiger partial charge in [0.1, 0.15) is 5.75 Å². The minimum absolute atomic E-state index is 0.516. The van der Waals surface area contributed by atoms with Crippen molar-refractivity contribution in [1.82, 2.24) is 4.90 Å². The summed E-state index contributed by atoms with van der Waals surface area (Å²) < 4.78 is 5.27. The second-order valence-electron chi connectivity index (χ2n) is 4.64. The van der Waals surface area contributed by atoms with E-state index < -0.39 is 0 Å². The Morgan fingerprint density at radius 1 is 1.41 bits per heavy atom. The van der Waals surface area contributed by atoms with Gasteiger partial charge in [-0.15, -0.1) is 0 Å². The Bertz CT molecular complexity index is 382. The molecule has 0 aromatic heterocycles. The van der Waals surface area contributed by atoms with Gasteiger partial charge in [0.25, 0.3) is 0 Å². The van der Waals surface area contributed by atoms with Gasteiger partial charge in [-0.2, -0.15) is 0 Å². The van der Waals surface area contributed by atoms with E-state index in [0.29, 0.717) is 5.92 Å². The van der Waals surface area contributed by atoms with Gasteiger partial charge >= 0.3 is 0 Å². The van der Waals surface area contributed by atoms with Gasteiger partial charge in [-0.1, -0.05) is 25.1 Å². The summed E-state index contributed by atoms with van der Waals surface area (Å²) in [5.74, 6) is 1.43. The summed E-state index contributed by atoms with van der Waals surface area (Å²) in [5, 5.41) is 0. The van der Waals surface area contributed by atoms with Crippen LogP contribution in [0.4, 0.5) is 0 Å². The molecule has 0 amide bonds. The predicted octanol–water partition coefficient (Wildman–Crippen LogP) is 3.30. The van der Waals surface area contributed by atoms with Crippen LogP contribution >= 0.6 is 0 Å². The largest absolute Gasteiger partial charge is 0.497 e. The average Bonchev–Trinajstić information content (AvgIpc) is 2.29. The van der Waals surface area contributed by atoms with Gasteiger partial charge in [-0.05, 0) is 50.2 Å². The van der Waals surface area contributed by atoms with Gasteiger partial charge in [-0.3, -0.25) is 0 Å². The second-order valence-corrected chi connectivity index (χ2v) is 4.64. The van der Waals surface area contributed by atoms with E-state index in [-0.39, 0.29) is 0 Å². The molecule has 0 aliphatic heterocycles. The first kappa shape index (κ1) is 13.8. The lowest BCUT2D eigenvalue weighted by Gasteiger charge is -2.20. The highest BCUT2D eigenvalue weighted by Gasteiger charge is 2.11. The summed E-state index contributed by atoms with van der Waals surface area (Å²) >= 11 is 0. The van der Waals surface area contributed by atoms with Crippen molar-refractivity contribution in [3.05, 3.63) is 35.9 Å². The molecule has 0 aliphatic rings. The number of ether oxygens (including phenoxy) is 1. The maximum Gasteiger partial charge on any atom is 0.119 e. The Kier molecular flexibility index (Phi) is 5.23. The van der Waals surface area contributed by atoms with E-state index in [0.717, 1.165) is 12.3 Å². The van der Waals surface area contributed by atoms with E-state index >= 15 is 0 Å². The zero-order chi connectivity index (χ0) is 12.8. The van der Waals surface area contributed by atoms with Crippen molar-refractivity contribution < 1.29 is 4.74 Å². The number of allylic oxidation sites excluding steroid dienone is 1. The van der Waals surface area contributed by atoms with Crippen LogP contribution in [0.15, 0.2) is 30.3 Å². The standard InChI is InChI=1S/C15H23NO/c1-6-15(12(2)11-16(3)4)13-8-7-9-14(10-13)17-5/h6-10,12H,11H2,1-5H3/t12-/m0/s1. The minimum atomic E-state index is 0.516. The van der Waals surface area contributed by atoms with Gasteiger partial charge < -0.3 is 9.64 Å². The van der Waals surface area contributed by atoms with Crippen LogP contribution in [0.2, 0.25) is 0 Å². The molecule has 0 saturated heterocycles. The first-order chi connectivity index (χ1) is 8.08. The van der Waals surface area contributed by atoms with E-state index in [1.165, 1.54) is 11.1 Å². The first-order valence-corrected chi connectivity index (χ1v) is 6.03. The van der Waals surface area contributed by atoms with Crippen LogP contribution in [0.5, 0.6) is 5.75 Å². The molecule has 1 atom stereocenters. The highest BCUT2D eigenvalue weighted by Crippen LogP contribution is 2.26. The Morgan fingerprint density at radius 2 is 2.12 bits per heavy atom. The van der Waals surface area contributed by atoms with E-state index in [1.807, 2.05) is 12.1 Å². The van der Waals surface area contributed by atoms with Crippen molar-refractivity contribution in [3.63, 3.8) is 0 Å². The molecule has 2 heteroatoms. The maximum absolute atomic E-state index is 5.27. The molecule has 0 aliphatic carbocycles. The zero-order valence-electron chi connectivity index (χ0n) is 11.5. The molecule has 0 bridgehead atoms. The quantitative estimate of drug-likeness (QED) is 0.773. The number of methoxy groups -OCH3 is 1. The molecule has 0 N–H and O–H groups in total. The summed E-state index contributed by atoms with van der Waals surface area (Å²) in [7, 11) is 5.92. The fourth-order valence-corrected chi connectivity index (χ4v) is 2.18. The lowest BCUT2D eigenvalue weighted by molar-refractivity contribution is 0.375. The smallest absolute Gasteiger partial charge is 0.119 e. The minimum Gasteiger partial charge on any atom is -0.497 e. The molecule has 17 heavy (non-hydrogen) atoms. The number of nitrogens with zero attached hydrogens (tertiary/aromatic N) is 1. The Labute approximate surface area is 105 Å². The summed E-state index contributed by atoms with van der Waals surface area (Å²) in [6.45, 7) is 5.41. The monoisotopic (exact) mass is 233 g/mol. The molecular formula is C15H23NO. The van der Waals surface area contributed by atoms with Gasteiger partial charge in [-0.25, -0.2) is 0 Å².